The predicted molar refractivity (Wildman–Crippen MR) is 94.0 cm³/mol. The van der Waals surface area contributed by atoms with E-state index in [1.165, 1.54) is 4.68 Å². The predicted octanol–water partition coefficient (Wildman–Crippen LogP) is 2.55. The van der Waals surface area contributed by atoms with E-state index >= 15 is 0 Å². The highest BCUT2D eigenvalue weighted by molar-refractivity contribution is 7.22. The molecule has 1 N–H and O–H groups in total. The van der Waals surface area contributed by atoms with E-state index in [0.717, 1.165) is 11.3 Å². The third-order valence-corrected chi connectivity index (χ3v) is 4.12. The Morgan fingerprint density at radius 3 is 2.64 bits per heavy atom. The number of anilines is 1. The van der Waals surface area contributed by atoms with Crippen molar-refractivity contribution in [2.75, 3.05) is 11.9 Å². The number of ether oxygens (including phenoxy) is 1. The summed E-state index contributed by atoms with van der Waals surface area (Å²) in [6, 6.07) is 1.98. The zero-order valence-electron chi connectivity index (χ0n) is 14.9. The van der Waals surface area contributed by atoms with Crippen LogP contribution >= 0.6 is 11.3 Å². The number of fused-ring (bicyclic) bond motifs is 1. The van der Waals surface area contributed by atoms with E-state index in [1.807, 2.05) is 19.9 Å². The van der Waals surface area contributed by atoms with Gasteiger partial charge in [-0.1, -0.05) is 46.0 Å². The molecule has 2 aromatic rings. The number of amides is 1. The molecular formula is C16H21N5O3S. The molecule has 8 nitrogen and oxygen atoms in total. The molecule has 2 aromatic heterocycles. The number of nitrogens with one attached hydrogen (secondary N) is 1. The van der Waals surface area contributed by atoms with Crippen molar-refractivity contribution in [2.24, 2.45) is 11.3 Å². The lowest BCUT2D eigenvalue weighted by Crippen LogP contribution is -2.27. The first kappa shape index (κ1) is 18.9. The van der Waals surface area contributed by atoms with Crippen LogP contribution in [0.4, 0.5) is 5.13 Å². The molecule has 0 atom stereocenters. The van der Waals surface area contributed by atoms with E-state index in [4.69, 9.17) is 4.74 Å². The summed E-state index contributed by atoms with van der Waals surface area (Å²) in [4.78, 5) is 28.3. The Balaban J connectivity index is 2.25. The first-order valence-electron chi connectivity index (χ1n) is 7.86. The average molecular weight is 363 g/mol. The molecule has 25 heavy (non-hydrogen) atoms. The Morgan fingerprint density at radius 1 is 1.40 bits per heavy atom. The molecule has 0 radical (unpaired) electrons. The Kier molecular flexibility index (Phi) is 5.42. The van der Waals surface area contributed by atoms with Gasteiger partial charge in [-0.15, -0.1) is 0 Å². The maximum Gasteiger partial charge on any atom is 0.327 e. The van der Waals surface area contributed by atoms with Crippen LogP contribution in [0, 0.1) is 22.7 Å². The molecule has 1 amide bonds. The van der Waals surface area contributed by atoms with E-state index in [1.54, 1.807) is 20.8 Å². The molecule has 0 saturated carbocycles. The van der Waals surface area contributed by atoms with Crippen molar-refractivity contribution in [2.45, 2.75) is 41.2 Å². The van der Waals surface area contributed by atoms with Gasteiger partial charge < -0.3 is 10.1 Å². The minimum Gasteiger partial charge on any atom is -0.464 e. The molecule has 9 heteroatoms. The number of esters is 1. The molecule has 0 aliphatic rings. The second-order valence-corrected chi connectivity index (χ2v) is 8.07. The van der Waals surface area contributed by atoms with E-state index in [-0.39, 0.29) is 24.1 Å². The maximum atomic E-state index is 12.1. The summed E-state index contributed by atoms with van der Waals surface area (Å²) in [6.45, 7) is 9.45. The minimum absolute atomic E-state index is 0.138. The van der Waals surface area contributed by atoms with Crippen LogP contribution in [-0.4, -0.2) is 33.2 Å². The van der Waals surface area contributed by atoms with E-state index in [2.05, 4.69) is 15.4 Å². The second kappa shape index (κ2) is 7.19. The molecule has 134 valence electrons. The summed E-state index contributed by atoms with van der Waals surface area (Å²) >= 11 is 1.16. The fourth-order valence-corrected chi connectivity index (χ4v) is 2.70. The minimum atomic E-state index is -0.567. The van der Waals surface area contributed by atoms with Crippen LogP contribution in [-0.2, 0) is 20.9 Å². The van der Waals surface area contributed by atoms with Crippen LogP contribution in [0.15, 0.2) is 0 Å². The number of hydrogen-bond acceptors (Lipinski definition) is 7. The maximum absolute atomic E-state index is 12.1. The molecule has 0 spiro atoms. The first-order valence-corrected chi connectivity index (χ1v) is 8.68. The highest BCUT2D eigenvalue weighted by Gasteiger charge is 2.24. The van der Waals surface area contributed by atoms with Crippen molar-refractivity contribution in [1.82, 2.24) is 14.8 Å². The average Bonchev–Trinajstić information content (AvgIpc) is 3.04. The van der Waals surface area contributed by atoms with Crippen molar-refractivity contribution >= 4 is 38.7 Å². The van der Waals surface area contributed by atoms with E-state index in [9.17, 15) is 14.9 Å². The number of thiazole rings is 1. The number of nitrogens with zero attached hydrogens (tertiary/aromatic N) is 4. The van der Waals surface area contributed by atoms with Gasteiger partial charge in [0, 0.05) is 5.41 Å². The monoisotopic (exact) mass is 363 g/mol. The Hall–Kier alpha value is -2.47. The SMILES string of the molecule is CC(C)COC(=O)Cn1nc(C#N)c2sc(NC(=O)C(C)(C)C)nc21. The molecule has 2 rings (SSSR count). The number of aromatic nitrogens is 3. The molecule has 0 fully saturated rings. The van der Waals surface area contributed by atoms with Gasteiger partial charge in [0.15, 0.2) is 16.5 Å². The zero-order valence-corrected chi connectivity index (χ0v) is 15.7. The fraction of sp³-hybridized carbons (Fsp3) is 0.562. The number of carbonyl (C=O) groups is 2. The molecule has 0 aromatic carbocycles. The number of carbonyl (C=O) groups excluding carboxylic acids is 2. The third-order valence-electron chi connectivity index (χ3n) is 3.15. The largest absolute Gasteiger partial charge is 0.464 e. The fourth-order valence-electron chi connectivity index (χ4n) is 1.80. The highest BCUT2D eigenvalue weighted by atomic mass is 32.1. The molecule has 0 bridgehead atoms. The molecule has 0 saturated heterocycles. The van der Waals surface area contributed by atoms with Gasteiger partial charge in [-0.05, 0) is 5.92 Å². The summed E-state index contributed by atoms with van der Waals surface area (Å²) in [5, 5.41) is 16.4. The van der Waals surface area contributed by atoms with Crippen molar-refractivity contribution in [3.8, 4) is 6.07 Å². The Bertz CT molecular complexity index is 838. The van der Waals surface area contributed by atoms with Gasteiger partial charge in [-0.2, -0.15) is 15.3 Å². The van der Waals surface area contributed by atoms with Crippen molar-refractivity contribution in [1.29, 1.82) is 5.26 Å². The summed E-state index contributed by atoms with van der Waals surface area (Å²) in [7, 11) is 0. The number of nitriles is 1. The normalized spacial score (nSPS) is 11.6. The molecular weight excluding hydrogens is 342 g/mol. The Morgan fingerprint density at radius 2 is 2.08 bits per heavy atom. The summed E-state index contributed by atoms with van der Waals surface area (Å²) < 4.78 is 7.00. The quantitative estimate of drug-likeness (QED) is 0.818. The molecule has 0 unspecified atom stereocenters. The smallest absolute Gasteiger partial charge is 0.327 e. The topological polar surface area (TPSA) is 110 Å². The van der Waals surface area contributed by atoms with Crippen LogP contribution in [0.2, 0.25) is 0 Å². The van der Waals surface area contributed by atoms with Gasteiger partial charge in [0.25, 0.3) is 0 Å². The first-order chi connectivity index (χ1) is 11.6. The summed E-state index contributed by atoms with van der Waals surface area (Å²) in [6.07, 6.45) is 0. The van der Waals surface area contributed by atoms with Crippen molar-refractivity contribution in [3.05, 3.63) is 5.69 Å². The van der Waals surface area contributed by atoms with Gasteiger partial charge in [-0.3, -0.25) is 9.59 Å². The van der Waals surface area contributed by atoms with Crippen LogP contribution in [0.25, 0.3) is 10.3 Å². The van der Waals surface area contributed by atoms with Crippen LogP contribution in [0.5, 0.6) is 0 Å². The lowest BCUT2D eigenvalue weighted by molar-refractivity contribution is -0.145. The Labute approximate surface area is 149 Å². The summed E-state index contributed by atoms with van der Waals surface area (Å²) in [5.41, 5.74) is -0.0181. The zero-order chi connectivity index (χ0) is 18.8. The van der Waals surface area contributed by atoms with E-state index < -0.39 is 11.4 Å². The highest BCUT2D eigenvalue weighted by Crippen LogP contribution is 2.30. The lowest BCUT2D eigenvalue weighted by atomic mass is 9.96. The third kappa shape index (κ3) is 4.54. The van der Waals surface area contributed by atoms with Gasteiger partial charge in [-0.25, -0.2) is 4.68 Å². The molecule has 2 heterocycles. The van der Waals surface area contributed by atoms with Gasteiger partial charge in [0.05, 0.1) is 6.61 Å². The van der Waals surface area contributed by atoms with Crippen LogP contribution in [0.3, 0.4) is 0 Å². The lowest BCUT2D eigenvalue weighted by Gasteiger charge is -2.15. The van der Waals surface area contributed by atoms with Gasteiger partial charge >= 0.3 is 5.97 Å². The number of hydrogen-bond donors (Lipinski definition) is 1. The second-order valence-electron chi connectivity index (χ2n) is 7.07. The van der Waals surface area contributed by atoms with Crippen LogP contribution < -0.4 is 5.32 Å². The summed E-state index contributed by atoms with van der Waals surface area (Å²) in [5.74, 6) is -0.399. The number of rotatable bonds is 5. The van der Waals surface area contributed by atoms with E-state index in [0.29, 0.717) is 22.1 Å². The molecule has 0 aliphatic heterocycles. The van der Waals surface area contributed by atoms with Crippen molar-refractivity contribution < 1.29 is 14.3 Å². The molecule has 0 aliphatic carbocycles. The van der Waals surface area contributed by atoms with Gasteiger partial charge in [0.2, 0.25) is 5.91 Å². The van der Waals surface area contributed by atoms with Crippen LogP contribution in [0.1, 0.15) is 40.3 Å². The van der Waals surface area contributed by atoms with Gasteiger partial charge in [0.1, 0.15) is 17.3 Å². The van der Waals surface area contributed by atoms with Crippen molar-refractivity contribution in [3.63, 3.8) is 0 Å². The standard InChI is InChI=1S/C16H21N5O3S/c1-9(2)8-24-11(22)7-21-13-12(10(6-17)20-21)25-15(18-13)19-14(23)16(3,4)5/h9H,7-8H2,1-5H3,(H,18,19,23).